The summed E-state index contributed by atoms with van der Waals surface area (Å²) in [4.78, 5) is 4.63. The highest BCUT2D eigenvalue weighted by atomic mass is 16.6. The first-order valence-corrected chi connectivity index (χ1v) is 4.53. The van der Waals surface area contributed by atoms with E-state index >= 15 is 0 Å². The summed E-state index contributed by atoms with van der Waals surface area (Å²) in [5.41, 5.74) is 3.05. The van der Waals surface area contributed by atoms with E-state index < -0.39 is 0 Å². The zero-order valence-electron chi connectivity index (χ0n) is 8.33. The van der Waals surface area contributed by atoms with Crippen LogP contribution in [-0.2, 0) is 11.4 Å². The van der Waals surface area contributed by atoms with Gasteiger partial charge in [0.25, 0.3) is 0 Å². The number of aryl methyl sites for hydroxylation is 2. The van der Waals surface area contributed by atoms with Gasteiger partial charge >= 0.3 is 0 Å². The van der Waals surface area contributed by atoms with Gasteiger partial charge in [0.2, 0.25) is 0 Å². The molecule has 0 aliphatic carbocycles. The van der Waals surface area contributed by atoms with Crippen LogP contribution in [0, 0.1) is 13.8 Å². The third kappa shape index (κ3) is 1.31. The Morgan fingerprint density at radius 1 is 1.36 bits per heavy atom. The number of hydrogen-bond donors (Lipinski definition) is 1. The number of nitrogens with two attached hydrogens (primary N) is 1. The summed E-state index contributed by atoms with van der Waals surface area (Å²) in [6, 6.07) is 5.98. The zero-order valence-corrected chi connectivity index (χ0v) is 8.33. The normalized spacial score (nSPS) is 11.1. The van der Waals surface area contributed by atoms with Crippen LogP contribution in [0.3, 0.4) is 0 Å². The smallest absolute Gasteiger partial charge is 0.140 e. The summed E-state index contributed by atoms with van der Waals surface area (Å²) < 4.78 is 5.65. The lowest BCUT2D eigenvalue weighted by molar-refractivity contribution is 0.124. The average Bonchev–Trinajstić information content (AvgIpc) is 2.46. The van der Waals surface area contributed by atoms with Crippen LogP contribution in [0.4, 0.5) is 0 Å². The highest BCUT2D eigenvalue weighted by Crippen LogP contribution is 2.27. The fraction of sp³-hybridized carbons (Fsp3) is 0.273. The fourth-order valence-corrected chi connectivity index (χ4v) is 1.62. The van der Waals surface area contributed by atoms with Crippen LogP contribution in [0.5, 0.6) is 0 Å². The summed E-state index contributed by atoms with van der Waals surface area (Å²) in [5.74, 6) is 6.00. The minimum Gasteiger partial charge on any atom is -0.461 e. The lowest BCUT2D eigenvalue weighted by atomic mass is 10.1. The predicted molar refractivity (Wildman–Crippen MR) is 54.7 cm³/mol. The van der Waals surface area contributed by atoms with Crippen LogP contribution >= 0.6 is 0 Å². The van der Waals surface area contributed by atoms with Crippen molar-refractivity contribution in [3.05, 3.63) is 35.1 Å². The molecule has 1 aromatic heterocycles. The predicted octanol–water partition coefficient (Wildman–Crippen LogP) is 2.44. The zero-order chi connectivity index (χ0) is 10.1. The quantitative estimate of drug-likeness (QED) is 0.741. The minimum atomic E-state index is 0.379. The van der Waals surface area contributed by atoms with Gasteiger partial charge in [-0.3, -0.25) is 4.84 Å². The van der Waals surface area contributed by atoms with E-state index in [1.54, 1.807) is 0 Å². The molecule has 2 aromatic rings. The summed E-state index contributed by atoms with van der Waals surface area (Å²) in [6.07, 6.45) is 0. The van der Waals surface area contributed by atoms with Crippen LogP contribution < -0.4 is 5.90 Å². The van der Waals surface area contributed by atoms with Gasteiger partial charge < -0.3 is 4.42 Å². The monoisotopic (exact) mass is 191 g/mol. The highest BCUT2D eigenvalue weighted by Gasteiger charge is 2.09. The van der Waals surface area contributed by atoms with Crippen LogP contribution in [0.25, 0.3) is 11.0 Å². The maximum absolute atomic E-state index is 5.65. The molecule has 2 N–H and O–H groups in total. The van der Waals surface area contributed by atoms with E-state index in [4.69, 9.17) is 10.3 Å². The molecular weight excluding hydrogens is 178 g/mol. The Balaban J connectivity index is 2.68. The molecule has 0 aliphatic rings. The van der Waals surface area contributed by atoms with E-state index in [2.05, 4.69) is 4.84 Å². The molecule has 74 valence electrons. The van der Waals surface area contributed by atoms with Crippen molar-refractivity contribution >= 4 is 11.0 Å². The van der Waals surface area contributed by atoms with Gasteiger partial charge in [-0.2, -0.15) is 0 Å². The van der Waals surface area contributed by atoms with Crippen molar-refractivity contribution < 1.29 is 9.25 Å². The van der Waals surface area contributed by atoms with Crippen molar-refractivity contribution in [3.8, 4) is 0 Å². The van der Waals surface area contributed by atoms with E-state index in [1.807, 2.05) is 32.0 Å². The van der Waals surface area contributed by atoms with Crippen LogP contribution in [0.15, 0.2) is 22.6 Å². The van der Waals surface area contributed by atoms with Crippen molar-refractivity contribution in [2.75, 3.05) is 0 Å². The number of hydrogen-bond acceptors (Lipinski definition) is 3. The van der Waals surface area contributed by atoms with Gasteiger partial charge in [-0.25, -0.2) is 5.90 Å². The highest BCUT2D eigenvalue weighted by molar-refractivity contribution is 5.84. The molecule has 0 aliphatic heterocycles. The molecular formula is C11H13NO2. The molecule has 0 radical (unpaired) electrons. The standard InChI is InChI=1S/C11H13NO2/c1-7-8(2)14-11-9(6-13-12)4-3-5-10(7)11/h3-5H,6,12H2,1-2H3. The van der Waals surface area contributed by atoms with Crippen LogP contribution in [-0.4, -0.2) is 0 Å². The molecule has 3 heteroatoms. The number of furan rings is 1. The Morgan fingerprint density at radius 3 is 2.86 bits per heavy atom. The van der Waals surface area contributed by atoms with Crippen molar-refractivity contribution in [3.63, 3.8) is 0 Å². The van der Waals surface area contributed by atoms with Gasteiger partial charge in [-0.15, -0.1) is 0 Å². The molecule has 0 saturated carbocycles. The summed E-state index contributed by atoms with van der Waals surface area (Å²) >= 11 is 0. The van der Waals surface area contributed by atoms with E-state index in [1.165, 1.54) is 5.56 Å². The van der Waals surface area contributed by atoms with E-state index in [0.717, 1.165) is 22.3 Å². The number of benzene rings is 1. The third-order valence-corrected chi connectivity index (χ3v) is 2.52. The summed E-state index contributed by atoms with van der Waals surface area (Å²) in [6.45, 7) is 4.39. The van der Waals surface area contributed by atoms with Gasteiger partial charge in [0.1, 0.15) is 11.3 Å². The Morgan fingerprint density at radius 2 is 2.14 bits per heavy atom. The van der Waals surface area contributed by atoms with E-state index in [9.17, 15) is 0 Å². The summed E-state index contributed by atoms with van der Waals surface area (Å²) in [7, 11) is 0. The molecule has 14 heavy (non-hydrogen) atoms. The molecule has 3 nitrogen and oxygen atoms in total. The maximum atomic E-state index is 5.65. The van der Waals surface area contributed by atoms with Crippen LogP contribution in [0.2, 0.25) is 0 Å². The lowest BCUT2D eigenvalue weighted by Crippen LogP contribution is -1.98. The van der Waals surface area contributed by atoms with Gasteiger partial charge in [0.05, 0.1) is 6.61 Å². The van der Waals surface area contributed by atoms with Crippen LogP contribution in [0.1, 0.15) is 16.9 Å². The second kappa shape index (κ2) is 3.44. The SMILES string of the molecule is Cc1oc2c(CON)cccc2c1C. The second-order valence-electron chi connectivity index (χ2n) is 3.39. The first-order valence-electron chi connectivity index (χ1n) is 4.53. The number of fused-ring (bicyclic) bond motifs is 1. The Labute approximate surface area is 82.4 Å². The molecule has 0 saturated heterocycles. The summed E-state index contributed by atoms with van der Waals surface area (Å²) in [5, 5.41) is 1.14. The van der Waals surface area contributed by atoms with Crippen molar-refractivity contribution in [2.24, 2.45) is 5.90 Å². The Hall–Kier alpha value is -1.32. The lowest BCUT2D eigenvalue weighted by Gasteiger charge is -1.99. The van der Waals surface area contributed by atoms with E-state index in [0.29, 0.717) is 6.61 Å². The van der Waals surface area contributed by atoms with Crippen molar-refractivity contribution in [1.82, 2.24) is 0 Å². The maximum Gasteiger partial charge on any atom is 0.140 e. The molecule has 0 bridgehead atoms. The largest absolute Gasteiger partial charge is 0.461 e. The van der Waals surface area contributed by atoms with Gasteiger partial charge in [-0.1, -0.05) is 18.2 Å². The fourth-order valence-electron chi connectivity index (χ4n) is 1.62. The van der Waals surface area contributed by atoms with Gasteiger partial charge in [-0.05, 0) is 19.4 Å². The average molecular weight is 191 g/mol. The topological polar surface area (TPSA) is 48.4 Å². The molecule has 0 spiro atoms. The van der Waals surface area contributed by atoms with Gasteiger partial charge in [0, 0.05) is 10.9 Å². The molecule has 0 fully saturated rings. The second-order valence-corrected chi connectivity index (χ2v) is 3.39. The number of rotatable bonds is 2. The number of para-hydroxylation sites is 1. The van der Waals surface area contributed by atoms with E-state index in [-0.39, 0.29) is 0 Å². The minimum absolute atomic E-state index is 0.379. The first-order chi connectivity index (χ1) is 6.74. The molecule has 0 amide bonds. The molecule has 0 atom stereocenters. The molecule has 1 aromatic carbocycles. The molecule has 0 unspecified atom stereocenters. The molecule has 2 rings (SSSR count). The third-order valence-electron chi connectivity index (χ3n) is 2.52. The Bertz CT molecular complexity index is 460. The Kier molecular flexibility index (Phi) is 2.27. The van der Waals surface area contributed by atoms with Crippen molar-refractivity contribution in [1.29, 1.82) is 0 Å². The van der Waals surface area contributed by atoms with Crippen molar-refractivity contribution in [2.45, 2.75) is 20.5 Å². The first kappa shape index (κ1) is 9.24. The van der Waals surface area contributed by atoms with Gasteiger partial charge in [0.15, 0.2) is 0 Å². The molecule has 1 heterocycles.